The van der Waals surface area contributed by atoms with Gasteiger partial charge in [-0.3, -0.25) is 11.3 Å². The van der Waals surface area contributed by atoms with Gasteiger partial charge in [0.25, 0.3) is 0 Å². The highest BCUT2D eigenvalue weighted by molar-refractivity contribution is 4.73. The van der Waals surface area contributed by atoms with Crippen LogP contribution in [-0.4, -0.2) is 19.3 Å². The van der Waals surface area contributed by atoms with Gasteiger partial charge in [0.2, 0.25) is 0 Å². The van der Waals surface area contributed by atoms with E-state index < -0.39 is 0 Å². The van der Waals surface area contributed by atoms with E-state index in [-0.39, 0.29) is 6.10 Å². The largest absolute Gasteiger partial charge is 0.380 e. The molecule has 0 aliphatic carbocycles. The second kappa shape index (κ2) is 8.21. The van der Waals surface area contributed by atoms with E-state index in [1.54, 1.807) is 7.11 Å². The average molecular weight is 202 g/mol. The smallest absolute Gasteiger partial charge is 0.0735 e. The van der Waals surface area contributed by atoms with E-state index in [2.05, 4.69) is 26.2 Å². The van der Waals surface area contributed by atoms with E-state index in [4.69, 9.17) is 10.6 Å². The topological polar surface area (TPSA) is 47.3 Å². The highest BCUT2D eigenvalue weighted by atomic mass is 16.5. The highest BCUT2D eigenvalue weighted by Crippen LogP contribution is 2.13. The molecule has 86 valence electrons. The molecule has 0 saturated heterocycles. The van der Waals surface area contributed by atoms with Crippen LogP contribution >= 0.6 is 0 Å². The molecule has 0 aliphatic rings. The third kappa shape index (κ3) is 5.58. The summed E-state index contributed by atoms with van der Waals surface area (Å²) >= 11 is 0. The summed E-state index contributed by atoms with van der Waals surface area (Å²) in [6.45, 7) is 6.62. The third-order valence-corrected chi connectivity index (χ3v) is 2.66. The van der Waals surface area contributed by atoms with Crippen molar-refractivity contribution in [1.82, 2.24) is 5.43 Å². The predicted molar refractivity (Wildman–Crippen MR) is 60.9 cm³/mol. The van der Waals surface area contributed by atoms with Crippen LogP contribution in [0.1, 0.15) is 46.5 Å². The summed E-state index contributed by atoms with van der Waals surface area (Å²) in [5.41, 5.74) is 2.85. The standard InChI is InChI=1S/C11H26N2O/c1-5-11(14-4)10(13-12)8-6-7-9(2)3/h9-11,13H,5-8,12H2,1-4H3. The summed E-state index contributed by atoms with van der Waals surface area (Å²) in [4.78, 5) is 0. The lowest BCUT2D eigenvalue weighted by Gasteiger charge is -2.24. The third-order valence-electron chi connectivity index (χ3n) is 2.66. The molecule has 0 bridgehead atoms. The van der Waals surface area contributed by atoms with Crippen LogP contribution < -0.4 is 11.3 Å². The molecule has 0 radical (unpaired) electrons. The van der Waals surface area contributed by atoms with Crippen molar-refractivity contribution < 1.29 is 4.74 Å². The number of nitrogens with one attached hydrogen (secondary N) is 1. The molecule has 14 heavy (non-hydrogen) atoms. The fourth-order valence-electron chi connectivity index (χ4n) is 1.74. The maximum absolute atomic E-state index is 5.51. The van der Waals surface area contributed by atoms with Crippen LogP contribution in [0.15, 0.2) is 0 Å². The summed E-state index contributed by atoms with van der Waals surface area (Å²) < 4.78 is 5.37. The Kier molecular flexibility index (Phi) is 8.14. The molecule has 0 fully saturated rings. The first-order valence-corrected chi connectivity index (χ1v) is 5.64. The fourth-order valence-corrected chi connectivity index (χ4v) is 1.74. The van der Waals surface area contributed by atoms with Crippen molar-refractivity contribution in [3.05, 3.63) is 0 Å². The van der Waals surface area contributed by atoms with E-state index in [1.165, 1.54) is 12.8 Å². The summed E-state index contributed by atoms with van der Waals surface area (Å²) in [5, 5.41) is 0. The monoisotopic (exact) mass is 202 g/mol. The van der Waals surface area contributed by atoms with Gasteiger partial charge in [0.1, 0.15) is 0 Å². The average Bonchev–Trinajstić information content (AvgIpc) is 2.16. The Morgan fingerprint density at radius 2 is 1.93 bits per heavy atom. The Bertz CT molecular complexity index is 124. The zero-order valence-electron chi connectivity index (χ0n) is 10.0. The lowest BCUT2D eigenvalue weighted by atomic mass is 9.99. The number of nitrogens with two attached hydrogens (primary N) is 1. The SMILES string of the molecule is CCC(OC)C(CCCC(C)C)NN. The van der Waals surface area contributed by atoms with Crippen molar-refractivity contribution in [3.8, 4) is 0 Å². The first-order chi connectivity index (χ1) is 6.65. The maximum atomic E-state index is 5.51. The number of ether oxygens (including phenoxy) is 1. The van der Waals surface area contributed by atoms with Gasteiger partial charge in [0.05, 0.1) is 6.10 Å². The van der Waals surface area contributed by atoms with Crippen molar-refractivity contribution in [1.29, 1.82) is 0 Å². The van der Waals surface area contributed by atoms with Gasteiger partial charge in [-0.2, -0.15) is 0 Å². The van der Waals surface area contributed by atoms with Crippen LogP contribution in [0.25, 0.3) is 0 Å². The summed E-state index contributed by atoms with van der Waals surface area (Å²) in [5.74, 6) is 6.29. The van der Waals surface area contributed by atoms with Gasteiger partial charge in [0.15, 0.2) is 0 Å². The minimum absolute atomic E-state index is 0.243. The molecule has 0 spiro atoms. The van der Waals surface area contributed by atoms with Gasteiger partial charge in [-0.05, 0) is 18.8 Å². The summed E-state index contributed by atoms with van der Waals surface area (Å²) in [6, 6.07) is 0.295. The van der Waals surface area contributed by atoms with Gasteiger partial charge < -0.3 is 4.74 Å². The Hall–Kier alpha value is -0.120. The molecule has 0 aromatic heterocycles. The molecule has 0 rings (SSSR count). The van der Waals surface area contributed by atoms with Crippen molar-refractivity contribution in [2.75, 3.05) is 7.11 Å². The van der Waals surface area contributed by atoms with Crippen molar-refractivity contribution >= 4 is 0 Å². The van der Waals surface area contributed by atoms with Gasteiger partial charge in [-0.15, -0.1) is 0 Å². The molecule has 0 heterocycles. The quantitative estimate of drug-likeness (QED) is 0.468. The molecule has 0 aliphatic heterocycles. The lowest BCUT2D eigenvalue weighted by Crippen LogP contribution is -2.44. The minimum Gasteiger partial charge on any atom is -0.380 e. The number of hydrazine groups is 1. The molecule has 0 aromatic carbocycles. The molecular formula is C11H26N2O. The van der Waals surface area contributed by atoms with E-state index in [1.807, 2.05) is 0 Å². The molecule has 3 nitrogen and oxygen atoms in total. The molecule has 3 heteroatoms. The Morgan fingerprint density at radius 1 is 1.29 bits per heavy atom. The fraction of sp³-hybridized carbons (Fsp3) is 1.00. The Labute approximate surface area is 88.4 Å². The number of hydrogen-bond acceptors (Lipinski definition) is 3. The maximum Gasteiger partial charge on any atom is 0.0735 e. The molecule has 2 atom stereocenters. The number of hydrogen-bond donors (Lipinski definition) is 2. The number of methoxy groups -OCH3 is 1. The van der Waals surface area contributed by atoms with Crippen LogP contribution in [-0.2, 0) is 4.74 Å². The molecule has 3 N–H and O–H groups in total. The van der Waals surface area contributed by atoms with Crippen LogP contribution in [0.5, 0.6) is 0 Å². The van der Waals surface area contributed by atoms with Crippen LogP contribution in [0, 0.1) is 5.92 Å². The van der Waals surface area contributed by atoms with Gasteiger partial charge >= 0.3 is 0 Å². The summed E-state index contributed by atoms with van der Waals surface area (Å²) in [6.07, 6.45) is 4.82. The van der Waals surface area contributed by atoms with Crippen molar-refractivity contribution in [2.24, 2.45) is 11.8 Å². The first kappa shape index (κ1) is 13.9. The zero-order valence-corrected chi connectivity index (χ0v) is 10.0. The molecular weight excluding hydrogens is 176 g/mol. The second-order valence-corrected chi connectivity index (χ2v) is 4.28. The molecule has 0 aromatic rings. The van der Waals surface area contributed by atoms with Crippen LogP contribution in [0.4, 0.5) is 0 Å². The first-order valence-electron chi connectivity index (χ1n) is 5.64. The molecule has 2 unspecified atom stereocenters. The van der Waals surface area contributed by atoms with Crippen molar-refractivity contribution in [3.63, 3.8) is 0 Å². The minimum atomic E-state index is 0.243. The Balaban J connectivity index is 3.77. The highest BCUT2D eigenvalue weighted by Gasteiger charge is 2.17. The van der Waals surface area contributed by atoms with Crippen LogP contribution in [0.3, 0.4) is 0 Å². The molecule has 0 saturated carbocycles. The van der Waals surface area contributed by atoms with Crippen molar-refractivity contribution in [2.45, 2.75) is 58.6 Å². The van der Waals surface area contributed by atoms with Gasteiger partial charge in [-0.1, -0.05) is 33.6 Å². The van der Waals surface area contributed by atoms with E-state index in [0.717, 1.165) is 18.8 Å². The van der Waals surface area contributed by atoms with Crippen LogP contribution in [0.2, 0.25) is 0 Å². The predicted octanol–water partition coefficient (Wildman–Crippen LogP) is 2.07. The number of rotatable bonds is 8. The summed E-state index contributed by atoms with van der Waals surface area (Å²) in [7, 11) is 1.75. The van der Waals surface area contributed by atoms with E-state index >= 15 is 0 Å². The van der Waals surface area contributed by atoms with E-state index in [0.29, 0.717) is 6.04 Å². The Morgan fingerprint density at radius 3 is 2.29 bits per heavy atom. The van der Waals surface area contributed by atoms with E-state index in [9.17, 15) is 0 Å². The normalized spacial score (nSPS) is 15.9. The van der Waals surface area contributed by atoms with Gasteiger partial charge in [0, 0.05) is 13.2 Å². The molecule has 0 amide bonds. The zero-order chi connectivity index (χ0) is 11.0. The second-order valence-electron chi connectivity index (χ2n) is 4.28. The lowest BCUT2D eigenvalue weighted by molar-refractivity contribution is 0.0614. The van der Waals surface area contributed by atoms with Gasteiger partial charge in [-0.25, -0.2) is 0 Å².